The third kappa shape index (κ3) is 4.74. The number of nitrogens with one attached hydrogen (secondary N) is 1. The van der Waals surface area contributed by atoms with Crippen LogP contribution in [0.4, 0.5) is 0 Å². The van der Waals surface area contributed by atoms with Crippen LogP contribution in [0.2, 0.25) is 5.02 Å². The number of nitrogens with zero attached hydrogens (tertiary/aromatic N) is 2. The molecule has 0 saturated carbocycles. The molecular formula is C18H28ClN3O2S. The van der Waals surface area contributed by atoms with Crippen LogP contribution < -0.4 is 5.32 Å². The molecule has 2 saturated heterocycles. The van der Waals surface area contributed by atoms with Crippen molar-refractivity contribution < 1.29 is 8.42 Å². The summed E-state index contributed by atoms with van der Waals surface area (Å²) in [6.07, 6.45) is 4.42. The van der Waals surface area contributed by atoms with Crippen LogP contribution in [0, 0.1) is 0 Å². The molecule has 5 nitrogen and oxygen atoms in total. The Morgan fingerprint density at radius 2 is 1.80 bits per heavy atom. The minimum Gasteiger partial charge on any atom is -0.317 e. The van der Waals surface area contributed by atoms with Crippen LogP contribution in [-0.2, 0) is 16.4 Å². The molecule has 2 aliphatic heterocycles. The molecule has 0 bridgehead atoms. The predicted molar refractivity (Wildman–Crippen MR) is 103 cm³/mol. The van der Waals surface area contributed by atoms with Gasteiger partial charge in [-0.15, -0.1) is 0 Å². The number of benzene rings is 1. The van der Waals surface area contributed by atoms with E-state index in [4.69, 9.17) is 11.6 Å². The Morgan fingerprint density at radius 3 is 2.40 bits per heavy atom. The Labute approximate surface area is 156 Å². The van der Waals surface area contributed by atoms with Gasteiger partial charge < -0.3 is 5.32 Å². The van der Waals surface area contributed by atoms with Crippen molar-refractivity contribution in [3.8, 4) is 0 Å². The molecule has 140 valence electrons. The largest absolute Gasteiger partial charge is 0.317 e. The fourth-order valence-electron chi connectivity index (χ4n) is 4.16. The van der Waals surface area contributed by atoms with Crippen molar-refractivity contribution >= 4 is 21.6 Å². The summed E-state index contributed by atoms with van der Waals surface area (Å²) in [7, 11) is -3.19. The van der Waals surface area contributed by atoms with E-state index in [0.29, 0.717) is 12.6 Å². The van der Waals surface area contributed by atoms with Crippen molar-refractivity contribution in [1.29, 1.82) is 0 Å². The third-order valence-corrected chi connectivity index (χ3v) is 7.03. The fraction of sp³-hybridized carbons (Fsp3) is 0.667. The minimum atomic E-state index is -3.19. The van der Waals surface area contributed by atoms with Crippen LogP contribution in [0.15, 0.2) is 24.3 Å². The number of piperazine rings is 1. The summed E-state index contributed by atoms with van der Waals surface area (Å²) < 4.78 is 26.1. The number of halogens is 1. The zero-order chi connectivity index (χ0) is 18.0. The average molecular weight is 386 g/mol. The first kappa shape index (κ1) is 19.1. The van der Waals surface area contributed by atoms with Gasteiger partial charge in [-0.05, 0) is 57.0 Å². The van der Waals surface area contributed by atoms with E-state index >= 15 is 0 Å². The van der Waals surface area contributed by atoms with Gasteiger partial charge in [-0.3, -0.25) is 4.90 Å². The second kappa shape index (κ2) is 7.92. The average Bonchev–Trinajstić information content (AvgIpc) is 2.58. The summed E-state index contributed by atoms with van der Waals surface area (Å²) in [5.41, 5.74) is 1.20. The molecule has 2 atom stereocenters. The van der Waals surface area contributed by atoms with Gasteiger partial charge >= 0.3 is 0 Å². The summed E-state index contributed by atoms with van der Waals surface area (Å²) in [6, 6.07) is 8.67. The number of hydrogen-bond acceptors (Lipinski definition) is 4. The van der Waals surface area contributed by atoms with Gasteiger partial charge in [0.25, 0.3) is 0 Å². The van der Waals surface area contributed by atoms with Crippen molar-refractivity contribution in [2.24, 2.45) is 0 Å². The van der Waals surface area contributed by atoms with Gasteiger partial charge in [0.2, 0.25) is 10.0 Å². The molecule has 0 radical (unpaired) electrons. The van der Waals surface area contributed by atoms with E-state index in [1.165, 1.54) is 11.8 Å². The maximum absolute atomic E-state index is 12.2. The van der Waals surface area contributed by atoms with Crippen LogP contribution in [0.5, 0.6) is 0 Å². The lowest BCUT2D eigenvalue weighted by atomic mass is 9.95. The van der Waals surface area contributed by atoms with Crippen molar-refractivity contribution in [1.82, 2.24) is 14.5 Å². The summed E-state index contributed by atoms with van der Waals surface area (Å²) in [6.45, 7) is 5.47. The van der Waals surface area contributed by atoms with Crippen molar-refractivity contribution in [3.63, 3.8) is 0 Å². The Hall–Kier alpha value is -0.660. The Bertz CT molecular complexity index is 674. The fourth-order valence-corrected chi connectivity index (χ4v) is 5.45. The van der Waals surface area contributed by atoms with Gasteiger partial charge in [0.1, 0.15) is 0 Å². The molecule has 0 aromatic heterocycles. The van der Waals surface area contributed by atoms with Crippen molar-refractivity contribution in [2.75, 3.05) is 32.4 Å². The lowest BCUT2D eigenvalue weighted by molar-refractivity contribution is 0.0340. The highest BCUT2D eigenvalue weighted by molar-refractivity contribution is 7.88. The molecule has 2 fully saturated rings. The monoisotopic (exact) mass is 385 g/mol. The second-order valence-electron chi connectivity index (χ2n) is 7.34. The topological polar surface area (TPSA) is 52.6 Å². The van der Waals surface area contributed by atoms with Crippen LogP contribution >= 0.6 is 11.6 Å². The predicted octanol–water partition coefficient (Wildman–Crippen LogP) is 1.97. The van der Waals surface area contributed by atoms with Crippen LogP contribution in [0.3, 0.4) is 0 Å². The van der Waals surface area contributed by atoms with E-state index in [-0.39, 0.29) is 12.1 Å². The van der Waals surface area contributed by atoms with Crippen LogP contribution in [-0.4, -0.2) is 68.2 Å². The molecule has 7 heteroatoms. The minimum absolute atomic E-state index is 0.0198. The van der Waals surface area contributed by atoms with E-state index in [1.54, 1.807) is 4.31 Å². The number of hydrogen-bond donors (Lipinski definition) is 1. The Kier molecular flexibility index (Phi) is 6.06. The highest BCUT2D eigenvalue weighted by Gasteiger charge is 2.39. The second-order valence-corrected chi connectivity index (χ2v) is 9.72. The standard InChI is InChI=1S/C18H28ClN3O2S/c1-14-12-21(17-7-9-20-10-8-17)18(13-22(14)25(2,23)24)11-15-3-5-16(19)6-4-15/h3-6,14,17-18,20H,7-13H2,1-2H3/t14-,18-/m0/s1. The molecular weight excluding hydrogens is 358 g/mol. The Morgan fingerprint density at radius 1 is 1.16 bits per heavy atom. The van der Waals surface area contributed by atoms with Gasteiger partial charge in [0, 0.05) is 36.2 Å². The van der Waals surface area contributed by atoms with Gasteiger partial charge in [0.15, 0.2) is 0 Å². The van der Waals surface area contributed by atoms with Gasteiger partial charge in [-0.25, -0.2) is 8.42 Å². The highest BCUT2D eigenvalue weighted by Crippen LogP contribution is 2.26. The molecule has 0 spiro atoms. The summed E-state index contributed by atoms with van der Waals surface area (Å²) >= 11 is 6.00. The normalized spacial score (nSPS) is 27.5. The number of rotatable bonds is 4. The van der Waals surface area contributed by atoms with E-state index in [1.807, 2.05) is 31.2 Å². The first-order valence-corrected chi connectivity index (χ1v) is 11.2. The summed E-state index contributed by atoms with van der Waals surface area (Å²) in [4.78, 5) is 2.56. The Balaban J connectivity index is 1.82. The molecule has 0 aliphatic carbocycles. The lowest BCUT2D eigenvalue weighted by Crippen LogP contribution is -2.62. The zero-order valence-electron chi connectivity index (χ0n) is 15.0. The first-order valence-electron chi connectivity index (χ1n) is 9.02. The maximum Gasteiger partial charge on any atom is 0.211 e. The van der Waals surface area contributed by atoms with E-state index in [0.717, 1.165) is 43.9 Å². The quantitative estimate of drug-likeness (QED) is 0.860. The highest BCUT2D eigenvalue weighted by atomic mass is 35.5. The van der Waals surface area contributed by atoms with Gasteiger partial charge in [0.05, 0.1) is 6.26 Å². The molecule has 25 heavy (non-hydrogen) atoms. The van der Waals surface area contributed by atoms with Crippen LogP contribution in [0.25, 0.3) is 0 Å². The molecule has 2 aliphatic rings. The molecule has 3 rings (SSSR count). The number of piperidine rings is 1. The van der Waals surface area contributed by atoms with E-state index < -0.39 is 10.0 Å². The third-order valence-electron chi connectivity index (χ3n) is 5.41. The lowest BCUT2D eigenvalue weighted by Gasteiger charge is -2.48. The van der Waals surface area contributed by atoms with Gasteiger partial charge in [-0.2, -0.15) is 4.31 Å². The van der Waals surface area contributed by atoms with E-state index in [9.17, 15) is 8.42 Å². The molecule has 1 N–H and O–H groups in total. The van der Waals surface area contributed by atoms with Crippen molar-refractivity contribution in [2.45, 2.75) is 44.3 Å². The molecule has 1 aromatic carbocycles. The SMILES string of the molecule is C[C@H]1CN(C2CCNCC2)[C@@H](Cc2ccc(Cl)cc2)CN1S(C)(=O)=O. The van der Waals surface area contributed by atoms with Gasteiger partial charge in [-0.1, -0.05) is 23.7 Å². The first-order chi connectivity index (χ1) is 11.8. The molecule has 0 unspecified atom stereocenters. The molecule has 1 aromatic rings. The van der Waals surface area contributed by atoms with E-state index in [2.05, 4.69) is 10.2 Å². The molecule has 0 amide bonds. The number of sulfonamides is 1. The van der Waals surface area contributed by atoms with Crippen molar-refractivity contribution in [3.05, 3.63) is 34.9 Å². The molecule has 2 heterocycles. The smallest absolute Gasteiger partial charge is 0.211 e. The summed E-state index contributed by atoms with van der Waals surface area (Å²) in [5, 5.41) is 4.15. The maximum atomic E-state index is 12.2. The summed E-state index contributed by atoms with van der Waals surface area (Å²) in [5.74, 6) is 0. The van der Waals surface area contributed by atoms with Crippen LogP contribution in [0.1, 0.15) is 25.3 Å². The zero-order valence-corrected chi connectivity index (χ0v) is 16.6.